The first-order valence-electron chi connectivity index (χ1n) is 7.08. The van der Waals surface area contributed by atoms with Gasteiger partial charge >= 0.3 is 6.18 Å². The van der Waals surface area contributed by atoms with Gasteiger partial charge < -0.3 is 10.3 Å². The average molecular weight is 423 g/mol. The lowest BCUT2D eigenvalue weighted by molar-refractivity contribution is -0.137. The van der Waals surface area contributed by atoms with E-state index in [2.05, 4.69) is 20.7 Å². The van der Waals surface area contributed by atoms with Crippen LogP contribution in [0.25, 0.3) is 11.3 Å². The van der Waals surface area contributed by atoms with E-state index >= 15 is 0 Å². The molecule has 0 atom stereocenters. The molecule has 2 heterocycles. The van der Waals surface area contributed by atoms with E-state index < -0.39 is 11.7 Å². The zero-order valence-electron chi connectivity index (χ0n) is 13.8. The number of hydrazone groups is 1. The number of hydrogen-bond acceptors (Lipinski definition) is 6. The van der Waals surface area contributed by atoms with Gasteiger partial charge in [-0.25, -0.2) is 10.1 Å². The maximum Gasteiger partial charge on any atom is 0.416 e. The van der Waals surface area contributed by atoms with Crippen molar-refractivity contribution in [2.45, 2.75) is 13.1 Å². The van der Waals surface area contributed by atoms with Crippen molar-refractivity contribution in [3.05, 3.63) is 53.5 Å². The second kappa shape index (κ2) is 8.78. The van der Waals surface area contributed by atoms with Gasteiger partial charge in [0.2, 0.25) is 0 Å². The molecule has 0 amide bonds. The topological polar surface area (TPSA) is 94.3 Å². The number of nitrogen functional groups attached to an aromatic ring is 1. The number of nitrogens with two attached hydrogens (primary N) is 1. The van der Waals surface area contributed by atoms with E-state index in [9.17, 15) is 13.2 Å². The van der Waals surface area contributed by atoms with Gasteiger partial charge in [-0.05, 0) is 31.2 Å². The van der Waals surface area contributed by atoms with Crippen molar-refractivity contribution < 1.29 is 17.6 Å². The number of nitrogens with one attached hydrogen (secondary N) is 1. The van der Waals surface area contributed by atoms with Crippen LogP contribution in [0, 0.1) is 6.92 Å². The van der Waals surface area contributed by atoms with Crippen LogP contribution in [0.15, 0.2) is 45.9 Å². The van der Waals surface area contributed by atoms with Crippen LogP contribution in [0.4, 0.5) is 19.1 Å². The van der Waals surface area contributed by atoms with Gasteiger partial charge in [0, 0.05) is 5.56 Å². The first-order chi connectivity index (χ1) is 11.8. The summed E-state index contributed by atoms with van der Waals surface area (Å²) < 4.78 is 45.0. The molecule has 0 spiro atoms. The molecule has 0 bridgehead atoms. The van der Waals surface area contributed by atoms with Gasteiger partial charge in [0.25, 0.3) is 5.95 Å². The Morgan fingerprint density at radius 2 is 1.93 bits per heavy atom. The van der Waals surface area contributed by atoms with E-state index in [1.54, 1.807) is 19.1 Å². The Morgan fingerprint density at radius 1 is 1.19 bits per heavy atom. The molecule has 0 fully saturated rings. The zero-order valence-corrected chi connectivity index (χ0v) is 15.4. The number of halogens is 5. The van der Waals surface area contributed by atoms with Crippen molar-refractivity contribution in [1.29, 1.82) is 0 Å². The maximum atomic E-state index is 12.8. The highest BCUT2D eigenvalue weighted by Gasteiger charge is 2.30. The molecule has 146 valence electrons. The highest BCUT2D eigenvalue weighted by molar-refractivity contribution is 5.85. The normalized spacial score (nSPS) is 11.1. The van der Waals surface area contributed by atoms with Crippen LogP contribution in [-0.4, -0.2) is 21.1 Å². The first kappa shape index (κ1) is 22.3. The molecule has 0 unspecified atom stereocenters. The molecule has 0 saturated heterocycles. The summed E-state index contributed by atoms with van der Waals surface area (Å²) in [5, 5.41) is 11.4. The van der Waals surface area contributed by atoms with E-state index in [4.69, 9.17) is 10.3 Å². The predicted molar refractivity (Wildman–Crippen MR) is 99.8 cm³/mol. The SMILES string of the molecule is Cc1nnc(N/N=C/c2ccc(-c3cccc(C(F)(F)F)c3)o2)n1N.Cl.Cl. The van der Waals surface area contributed by atoms with Crippen molar-refractivity contribution in [1.82, 2.24) is 14.9 Å². The smallest absolute Gasteiger partial charge is 0.416 e. The third-order valence-electron chi connectivity index (χ3n) is 3.32. The summed E-state index contributed by atoms with van der Waals surface area (Å²) in [7, 11) is 0. The predicted octanol–water partition coefficient (Wildman–Crippen LogP) is 3.87. The Hall–Kier alpha value is -2.72. The monoisotopic (exact) mass is 422 g/mol. The van der Waals surface area contributed by atoms with Crippen molar-refractivity contribution in [3.8, 4) is 11.3 Å². The molecule has 27 heavy (non-hydrogen) atoms. The molecule has 0 aliphatic rings. The van der Waals surface area contributed by atoms with E-state index in [1.807, 2.05) is 0 Å². The van der Waals surface area contributed by atoms with Crippen molar-refractivity contribution in [3.63, 3.8) is 0 Å². The fourth-order valence-electron chi connectivity index (χ4n) is 2.03. The molecule has 3 aromatic rings. The van der Waals surface area contributed by atoms with Gasteiger partial charge in [0.15, 0.2) is 5.82 Å². The number of nitrogens with zero attached hydrogens (tertiary/aromatic N) is 4. The third-order valence-corrected chi connectivity index (χ3v) is 3.32. The molecule has 0 saturated carbocycles. The fourth-order valence-corrected chi connectivity index (χ4v) is 2.03. The number of rotatable bonds is 4. The van der Waals surface area contributed by atoms with Gasteiger partial charge in [-0.2, -0.15) is 18.3 Å². The minimum atomic E-state index is -4.41. The van der Waals surface area contributed by atoms with Crippen LogP contribution in [0.2, 0.25) is 0 Å². The van der Waals surface area contributed by atoms with Crippen molar-refractivity contribution in [2.24, 2.45) is 5.10 Å². The fraction of sp³-hybridized carbons (Fsp3) is 0.133. The van der Waals surface area contributed by atoms with E-state index in [-0.39, 0.29) is 30.8 Å². The minimum absolute atomic E-state index is 0. The molecular weight excluding hydrogens is 408 g/mol. The zero-order chi connectivity index (χ0) is 18.0. The first-order valence-corrected chi connectivity index (χ1v) is 7.08. The van der Waals surface area contributed by atoms with Crippen LogP contribution >= 0.6 is 24.8 Å². The Balaban J connectivity index is 0.00000182. The highest BCUT2D eigenvalue weighted by Crippen LogP contribution is 2.32. The number of anilines is 1. The molecule has 3 N–H and O–H groups in total. The Bertz CT molecular complexity index is 922. The molecule has 0 radical (unpaired) electrons. The van der Waals surface area contributed by atoms with Crippen LogP contribution in [-0.2, 0) is 6.18 Å². The van der Waals surface area contributed by atoms with Gasteiger partial charge in [-0.1, -0.05) is 12.1 Å². The summed E-state index contributed by atoms with van der Waals surface area (Å²) >= 11 is 0. The summed E-state index contributed by atoms with van der Waals surface area (Å²) in [5.74, 6) is 7.03. The summed E-state index contributed by atoms with van der Waals surface area (Å²) in [6.07, 6.45) is -3.06. The third kappa shape index (κ3) is 5.14. The molecule has 1 aromatic carbocycles. The molecule has 12 heteroatoms. The standard InChI is InChI=1S/C15H13F3N6O.2ClH/c1-9-21-23-14(24(9)19)22-20-8-12-5-6-13(25-12)10-3-2-4-11(7-10)15(16,17)18;;/h2-8H,19H2,1H3,(H,22,23);2*1H/b20-8+;;. The van der Waals surface area contributed by atoms with Crippen LogP contribution in [0.3, 0.4) is 0 Å². The van der Waals surface area contributed by atoms with Crippen molar-refractivity contribution in [2.75, 3.05) is 11.3 Å². The lowest BCUT2D eigenvalue weighted by atomic mass is 10.1. The molecule has 0 aliphatic heterocycles. The second-order valence-corrected chi connectivity index (χ2v) is 5.09. The van der Waals surface area contributed by atoms with E-state index in [0.29, 0.717) is 22.9 Å². The molecule has 2 aromatic heterocycles. The summed E-state index contributed by atoms with van der Waals surface area (Å²) in [6, 6.07) is 8.03. The van der Waals surface area contributed by atoms with Gasteiger partial charge in [0.1, 0.15) is 11.5 Å². The van der Waals surface area contributed by atoms with Crippen LogP contribution in [0.5, 0.6) is 0 Å². The second-order valence-electron chi connectivity index (χ2n) is 5.09. The minimum Gasteiger partial charge on any atom is -0.455 e. The summed E-state index contributed by atoms with van der Waals surface area (Å²) in [5.41, 5.74) is 2.16. The molecule has 0 aliphatic carbocycles. The highest BCUT2D eigenvalue weighted by atomic mass is 35.5. The number of furan rings is 1. The van der Waals surface area contributed by atoms with E-state index in [1.165, 1.54) is 23.0 Å². The largest absolute Gasteiger partial charge is 0.455 e. The molecular formula is C15H15Cl2F3N6O. The maximum absolute atomic E-state index is 12.8. The lowest BCUT2D eigenvalue weighted by Gasteiger charge is -2.07. The number of alkyl halides is 3. The lowest BCUT2D eigenvalue weighted by Crippen LogP contribution is -2.13. The van der Waals surface area contributed by atoms with Gasteiger partial charge in [-0.15, -0.1) is 35.0 Å². The quantitative estimate of drug-likeness (QED) is 0.378. The van der Waals surface area contributed by atoms with Crippen molar-refractivity contribution >= 4 is 37.0 Å². The number of aromatic nitrogens is 3. The molecule has 3 rings (SSSR count). The van der Waals surface area contributed by atoms with Crippen LogP contribution in [0.1, 0.15) is 17.1 Å². The number of aryl methyl sites for hydroxylation is 1. The van der Waals surface area contributed by atoms with Gasteiger partial charge in [0.05, 0.1) is 11.8 Å². The van der Waals surface area contributed by atoms with E-state index in [0.717, 1.165) is 12.1 Å². The Kier molecular flexibility index (Phi) is 7.26. The number of benzene rings is 1. The van der Waals surface area contributed by atoms with Crippen LogP contribution < -0.4 is 11.3 Å². The number of hydrogen-bond donors (Lipinski definition) is 2. The average Bonchev–Trinajstić information content (AvgIpc) is 3.16. The van der Waals surface area contributed by atoms with Gasteiger partial charge in [-0.3, -0.25) is 0 Å². The molecule has 7 nitrogen and oxygen atoms in total. The Labute approximate surface area is 164 Å². The Morgan fingerprint density at radius 3 is 2.56 bits per heavy atom. The summed E-state index contributed by atoms with van der Waals surface area (Å²) in [6.45, 7) is 1.68. The summed E-state index contributed by atoms with van der Waals surface area (Å²) in [4.78, 5) is 0.